The molecule has 1 N–H and O–H groups in total. The molecule has 1 aliphatic rings. The van der Waals surface area contributed by atoms with Gasteiger partial charge in [-0.25, -0.2) is 4.98 Å². The molecule has 0 amide bonds. The summed E-state index contributed by atoms with van der Waals surface area (Å²) in [6, 6.07) is 9.51. The first-order valence-electron chi connectivity index (χ1n) is 8.28. The van der Waals surface area contributed by atoms with Crippen LogP contribution < -0.4 is 5.32 Å². The summed E-state index contributed by atoms with van der Waals surface area (Å²) in [5.74, 6) is 0. The Morgan fingerprint density at radius 1 is 1.33 bits per heavy atom. The second kappa shape index (κ2) is 5.80. The Morgan fingerprint density at radius 2 is 2.14 bits per heavy atom. The van der Waals surface area contributed by atoms with E-state index in [4.69, 9.17) is 0 Å². The van der Waals surface area contributed by atoms with Gasteiger partial charge in [0, 0.05) is 6.04 Å². The number of benzene rings is 1. The predicted octanol–water partition coefficient (Wildman–Crippen LogP) is 4.16. The Kier molecular flexibility index (Phi) is 4.03. The maximum atomic E-state index is 4.59. The molecule has 1 fully saturated rings. The summed E-state index contributed by atoms with van der Waals surface area (Å²) >= 11 is 0. The number of hydrogen-bond donors (Lipinski definition) is 1. The molecule has 0 spiro atoms. The van der Waals surface area contributed by atoms with Crippen LogP contribution in [0.25, 0.3) is 11.0 Å². The molecule has 3 heteroatoms. The zero-order valence-electron chi connectivity index (χ0n) is 13.5. The Labute approximate surface area is 127 Å². The van der Waals surface area contributed by atoms with Crippen molar-refractivity contribution in [3.8, 4) is 0 Å². The summed E-state index contributed by atoms with van der Waals surface area (Å²) in [5.41, 5.74) is 2.71. The summed E-state index contributed by atoms with van der Waals surface area (Å²) in [7, 11) is 0. The van der Waals surface area contributed by atoms with Gasteiger partial charge < -0.3 is 9.88 Å². The van der Waals surface area contributed by atoms with Gasteiger partial charge in [0.1, 0.15) is 0 Å². The Morgan fingerprint density at radius 3 is 2.95 bits per heavy atom. The molecular weight excluding hydrogens is 258 g/mol. The number of imidazole rings is 1. The highest BCUT2D eigenvalue weighted by Crippen LogP contribution is 2.42. The number of rotatable bonds is 4. The fraction of sp³-hybridized carbons (Fsp3) is 0.611. The van der Waals surface area contributed by atoms with Crippen molar-refractivity contribution < 1.29 is 0 Å². The summed E-state index contributed by atoms with van der Waals surface area (Å²) in [4.78, 5) is 4.59. The van der Waals surface area contributed by atoms with Crippen LogP contribution in [0.5, 0.6) is 0 Å². The number of aromatic nitrogens is 2. The van der Waals surface area contributed by atoms with E-state index in [1.165, 1.54) is 31.2 Å². The van der Waals surface area contributed by atoms with E-state index in [9.17, 15) is 0 Å². The van der Waals surface area contributed by atoms with Gasteiger partial charge in [-0.3, -0.25) is 0 Å². The van der Waals surface area contributed by atoms with E-state index in [1.54, 1.807) is 0 Å². The monoisotopic (exact) mass is 285 g/mol. The fourth-order valence-corrected chi connectivity index (χ4v) is 3.86. The molecular formula is C18H27N3. The highest BCUT2D eigenvalue weighted by Gasteiger charge is 2.39. The molecule has 1 aromatic carbocycles. The van der Waals surface area contributed by atoms with Gasteiger partial charge in [-0.05, 0) is 43.4 Å². The Hall–Kier alpha value is -1.35. The first kappa shape index (κ1) is 14.6. The van der Waals surface area contributed by atoms with Gasteiger partial charge in [-0.1, -0.05) is 39.3 Å². The lowest BCUT2D eigenvalue weighted by atomic mass is 9.70. The molecule has 0 aliphatic heterocycles. The molecule has 1 heterocycles. The van der Waals surface area contributed by atoms with Crippen LogP contribution in [0.2, 0.25) is 0 Å². The van der Waals surface area contributed by atoms with Crippen LogP contribution in [0.15, 0.2) is 30.6 Å². The second-order valence-electron chi connectivity index (χ2n) is 7.02. The number of para-hydroxylation sites is 2. The van der Waals surface area contributed by atoms with Crippen molar-refractivity contribution >= 4 is 11.0 Å². The molecule has 1 aliphatic carbocycles. The van der Waals surface area contributed by atoms with Crippen molar-refractivity contribution in [3.63, 3.8) is 0 Å². The average Bonchev–Trinajstić information content (AvgIpc) is 2.89. The van der Waals surface area contributed by atoms with Gasteiger partial charge in [-0.2, -0.15) is 0 Å². The van der Waals surface area contributed by atoms with Crippen molar-refractivity contribution in [3.05, 3.63) is 30.6 Å². The first-order valence-corrected chi connectivity index (χ1v) is 8.28. The van der Waals surface area contributed by atoms with Crippen LogP contribution in [0.1, 0.15) is 52.5 Å². The lowest BCUT2D eigenvalue weighted by Gasteiger charge is -2.45. The summed E-state index contributed by atoms with van der Waals surface area (Å²) in [6.45, 7) is 8.15. The fourth-order valence-electron chi connectivity index (χ4n) is 3.86. The molecule has 2 atom stereocenters. The largest absolute Gasteiger partial charge is 0.326 e. The molecule has 0 saturated heterocycles. The van der Waals surface area contributed by atoms with Crippen LogP contribution in [0, 0.1) is 5.41 Å². The van der Waals surface area contributed by atoms with Gasteiger partial charge in [0.15, 0.2) is 0 Å². The highest BCUT2D eigenvalue weighted by molar-refractivity contribution is 5.75. The minimum absolute atomic E-state index is 0.337. The zero-order chi connectivity index (χ0) is 14.9. The maximum absolute atomic E-state index is 4.59. The van der Waals surface area contributed by atoms with Crippen LogP contribution in [-0.4, -0.2) is 22.1 Å². The Balaban J connectivity index is 1.97. The van der Waals surface area contributed by atoms with E-state index in [1.807, 2.05) is 6.33 Å². The molecule has 2 unspecified atom stereocenters. The first-order chi connectivity index (χ1) is 10.1. The van der Waals surface area contributed by atoms with Crippen molar-refractivity contribution in [2.75, 3.05) is 6.54 Å². The second-order valence-corrected chi connectivity index (χ2v) is 7.02. The van der Waals surface area contributed by atoms with Gasteiger partial charge in [-0.15, -0.1) is 0 Å². The third-order valence-electron chi connectivity index (χ3n) is 5.00. The molecule has 2 aromatic rings. The summed E-state index contributed by atoms with van der Waals surface area (Å²) in [5, 5.41) is 3.82. The van der Waals surface area contributed by atoms with E-state index in [0.717, 1.165) is 12.1 Å². The lowest BCUT2D eigenvalue weighted by Crippen LogP contribution is -2.50. The normalized spacial score (nSPS) is 25.3. The van der Waals surface area contributed by atoms with E-state index in [-0.39, 0.29) is 0 Å². The van der Waals surface area contributed by atoms with Gasteiger partial charge >= 0.3 is 0 Å². The van der Waals surface area contributed by atoms with Crippen LogP contribution in [0.3, 0.4) is 0 Å². The number of nitrogens with zero attached hydrogens (tertiary/aromatic N) is 2. The van der Waals surface area contributed by atoms with Crippen molar-refractivity contribution in [1.29, 1.82) is 0 Å². The molecule has 0 bridgehead atoms. The molecule has 0 radical (unpaired) electrons. The van der Waals surface area contributed by atoms with E-state index >= 15 is 0 Å². The van der Waals surface area contributed by atoms with Crippen LogP contribution >= 0.6 is 0 Å². The van der Waals surface area contributed by atoms with E-state index < -0.39 is 0 Å². The quantitative estimate of drug-likeness (QED) is 0.914. The average molecular weight is 285 g/mol. The molecule has 3 nitrogen and oxygen atoms in total. The van der Waals surface area contributed by atoms with Gasteiger partial charge in [0.25, 0.3) is 0 Å². The molecule has 114 valence electrons. The topological polar surface area (TPSA) is 29.9 Å². The highest BCUT2D eigenvalue weighted by atomic mass is 15.1. The minimum atomic E-state index is 0.337. The molecule has 3 rings (SSSR count). The summed E-state index contributed by atoms with van der Waals surface area (Å²) in [6.07, 6.45) is 7.07. The molecule has 1 saturated carbocycles. The van der Waals surface area contributed by atoms with Crippen LogP contribution in [-0.2, 0) is 0 Å². The standard InChI is InChI=1S/C18H27N3/c1-4-12-19-17-16(10-7-11-18(17,2)3)21-13-20-14-8-5-6-9-15(14)21/h5-6,8-9,13,16-17,19H,4,7,10-12H2,1-3H3. The zero-order valence-corrected chi connectivity index (χ0v) is 13.5. The summed E-state index contributed by atoms with van der Waals surface area (Å²) < 4.78 is 2.41. The molecule has 21 heavy (non-hydrogen) atoms. The molecule has 1 aromatic heterocycles. The number of fused-ring (bicyclic) bond motifs is 1. The number of nitrogens with one attached hydrogen (secondary N) is 1. The maximum Gasteiger partial charge on any atom is 0.0961 e. The van der Waals surface area contributed by atoms with Gasteiger partial charge in [0.2, 0.25) is 0 Å². The van der Waals surface area contributed by atoms with Crippen molar-refractivity contribution in [2.24, 2.45) is 5.41 Å². The Bertz CT molecular complexity index is 599. The van der Waals surface area contributed by atoms with Crippen molar-refractivity contribution in [1.82, 2.24) is 14.9 Å². The van der Waals surface area contributed by atoms with Crippen LogP contribution in [0.4, 0.5) is 0 Å². The smallest absolute Gasteiger partial charge is 0.0961 e. The number of hydrogen-bond acceptors (Lipinski definition) is 2. The van der Waals surface area contributed by atoms with Gasteiger partial charge in [0.05, 0.1) is 23.4 Å². The van der Waals surface area contributed by atoms with E-state index in [2.05, 4.69) is 59.9 Å². The third-order valence-corrected chi connectivity index (χ3v) is 5.00. The third kappa shape index (κ3) is 2.71. The lowest BCUT2D eigenvalue weighted by molar-refractivity contribution is 0.115. The minimum Gasteiger partial charge on any atom is -0.326 e. The predicted molar refractivity (Wildman–Crippen MR) is 88.5 cm³/mol. The van der Waals surface area contributed by atoms with Crippen molar-refractivity contribution in [2.45, 2.75) is 58.5 Å². The SMILES string of the molecule is CCCNC1C(n2cnc3ccccc32)CCCC1(C)C. The van der Waals surface area contributed by atoms with E-state index in [0.29, 0.717) is 17.5 Å².